The van der Waals surface area contributed by atoms with Gasteiger partial charge in [-0.15, -0.1) is 0 Å². The first kappa shape index (κ1) is 16.0. The maximum Gasteiger partial charge on any atom is 2.00 e. The summed E-state index contributed by atoms with van der Waals surface area (Å²) in [6, 6.07) is 0. The Kier molecular flexibility index (Phi) is 108. The van der Waals surface area contributed by atoms with Gasteiger partial charge in [-0.2, -0.15) is 0 Å². The van der Waals surface area contributed by atoms with Gasteiger partial charge in [0.05, 0.1) is 0 Å². The number of carbonyl (C=O) groups excluding carboxylic acids is 2. The summed E-state index contributed by atoms with van der Waals surface area (Å²) in [5.74, 6) is 0. The van der Waals surface area contributed by atoms with Crippen LogP contribution in [0.1, 0.15) is 0 Å². The molecule has 0 saturated carbocycles. The van der Waals surface area contributed by atoms with Crippen LogP contribution >= 0.6 is 0 Å². The Morgan fingerprint density at radius 1 is 1.00 bits per heavy atom. The van der Waals surface area contributed by atoms with Gasteiger partial charge in [0.1, 0.15) is 0 Å². The van der Waals surface area contributed by atoms with Gasteiger partial charge in [-0.3, -0.25) is 0 Å². The molecule has 0 aliphatic carbocycles. The summed E-state index contributed by atoms with van der Waals surface area (Å²) >= 11 is 0. The van der Waals surface area contributed by atoms with Gasteiger partial charge in [0, 0.05) is 12.9 Å². The van der Waals surface area contributed by atoms with E-state index in [-0.39, 0.29) is 19.5 Å². The van der Waals surface area contributed by atoms with Crippen molar-refractivity contribution in [2.24, 2.45) is 0 Å². The van der Waals surface area contributed by atoms with E-state index < -0.39 is 12.9 Å². The smallest absolute Gasteiger partial charge is 0.554 e. The zero-order valence-corrected chi connectivity index (χ0v) is 4.88. The molecule has 42 valence electrons. The van der Waals surface area contributed by atoms with Crippen LogP contribution in [-0.2, 0) is 29.1 Å². The molecule has 0 heterocycles. The Labute approximate surface area is 52.9 Å². The topological polar surface area (TPSA) is 80.3 Å². The molecule has 0 radical (unpaired) electrons. The first-order valence-electron chi connectivity index (χ1n) is 0.943. The molecule has 0 saturated heterocycles. The predicted molar refractivity (Wildman–Crippen MR) is 12.1 cm³/mol. The van der Waals surface area contributed by atoms with Crippen LogP contribution in [0.4, 0.5) is 0 Å². The van der Waals surface area contributed by atoms with Crippen LogP contribution < -0.4 is 10.2 Å². The van der Waals surface area contributed by atoms with Crippen molar-refractivity contribution in [2.45, 2.75) is 0 Å². The monoisotopic (exact) mass is 192 g/mol. The van der Waals surface area contributed by atoms with E-state index >= 15 is 0 Å². The zero-order chi connectivity index (χ0) is 5.41. The summed E-state index contributed by atoms with van der Waals surface area (Å²) in [7, 11) is 0. The molecule has 0 bridgehead atoms. The number of carbonyl (C=O) groups is 2. The average Bonchev–Trinajstić information content (AvgIpc) is 1.39. The van der Waals surface area contributed by atoms with Gasteiger partial charge < -0.3 is 19.8 Å². The number of carboxylic acid groups (broad SMARTS) is 2. The first-order chi connectivity index (χ1) is 2.83. The first-order valence-corrected chi connectivity index (χ1v) is 0.943. The summed E-state index contributed by atoms with van der Waals surface area (Å²) in [6.45, 7) is -1.00. The number of hydrogen-bond acceptors (Lipinski definition) is 4. The molecule has 5 heteroatoms. The maximum absolute atomic E-state index is 8.25. The van der Waals surface area contributed by atoms with Crippen molar-refractivity contribution in [1.82, 2.24) is 0 Å². The Hall–Kier alpha value is -0.437. The fourth-order valence-corrected chi connectivity index (χ4v) is 0. The molecule has 0 unspecified atom stereocenters. The summed E-state index contributed by atoms with van der Waals surface area (Å²) in [5, 5.41) is 16.5. The van der Waals surface area contributed by atoms with Crippen LogP contribution in [0.25, 0.3) is 0 Å². The third-order valence-electron chi connectivity index (χ3n) is 0. The van der Waals surface area contributed by atoms with Gasteiger partial charge in [0.15, 0.2) is 0 Å². The van der Waals surface area contributed by atoms with E-state index in [1.807, 2.05) is 0 Å². The standard InChI is InChI=1S/2CH2O2.Ru/c2*2-1-3;/h2*1H,(H,2,3);/q;;+2/p-2. The third-order valence-corrected chi connectivity index (χ3v) is 0. The quantitative estimate of drug-likeness (QED) is 0.297. The van der Waals surface area contributed by atoms with Crippen molar-refractivity contribution in [3.8, 4) is 0 Å². The van der Waals surface area contributed by atoms with Gasteiger partial charge in [0.25, 0.3) is 0 Å². The molecule has 0 aromatic carbocycles. The minimum atomic E-state index is -0.500. The SMILES string of the molecule is O=C[O-].O=C[O-].[Ru+2]. The van der Waals surface area contributed by atoms with E-state index in [0.29, 0.717) is 0 Å². The molecule has 0 N–H and O–H groups in total. The maximum atomic E-state index is 8.25. The van der Waals surface area contributed by atoms with Gasteiger partial charge in [-0.05, 0) is 0 Å². The molecule has 0 rings (SSSR count). The van der Waals surface area contributed by atoms with Gasteiger partial charge in [-0.25, -0.2) is 0 Å². The number of hydrogen-bond donors (Lipinski definition) is 0. The molecule has 0 atom stereocenters. The molecule has 0 aromatic rings. The molecule has 0 spiro atoms. The minimum absolute atomic E-state index is 0. The summed E-state index contributed by atoms with van der Waals surface area (Å²) in [4.78, 5) is 16.5. The molecular weight excluding hydrogens is 189 g/mol. The van der Waals surface area contributed by atoms with E-state index in [9.17, 15) is 0 Å². The molecule has 0 amide bonds. The van der Waals surface area contributed by atoms with E-state index in [4.69, 9.17) is 19.8 Å². The minimum Gasteiger partial charge on any atom is -0.554 e. The molecule has 0 aliphatic heterocycles. The van der Waals surface area contributed by atoms with E-state index in [0.717, 1.165) is 0 Å². The summed E-state index contributed by atoms with van der Waals surface area (Å²) in [5.41, 5.74) is 0. The fourth-order valence-electron chi connectivity index (χ4n) is 0. The predicted octanol–water partition coefficient (Wildman–Crippen LogP) is -3.27. The Balaban J connectivity index is -0.0000000400. The van der Waals surface area contributed by atoms with Crippen LogP contribution in [0.5, 0.6) is 0 Å². The average molecular weight is 191 g/mol. The largest absolute Gasteiger partial charge is 2.00 e. The van der Waals surface area contributed by atoms with Gasteiger partial charge >= 0.3 is 19.5 Å². The second-order valence-electron chi connectivity index (χ2n) is 0.192. The Morgan fingerprint density at radius 2 is 1.00 bits per heavy atom. The van der Waals surface area contributed by atoms with Crippen molar-refractivity contribution in [1.29, 1.82) is 0 Å². The summed E-state index contributed by atoms with van der Waals surface area (Å²) < 4.78 is 0. The fraction of sp³-hybridized carbons (Fsp3) is 0. The molecule has 0 aromatic heterocycles. The van der Waals surface area contributed by atoms with Crippen molar-refractivity contribution in [2.75, 3.05) is 0 Å². The van der Waals surface area contributed by atoms with Crippen LogP contribution in [0, 0.1) is 0 Å². The molecule has 7 heavy (non-hydrogen) atoms. The van der Waals surface area contributed by atoms with Crippen LogP contribution in [0.15, 0.2) is 0 Å². The summed E-state index contributed by atoms with van der Waals surface area (Å²) in [6.07, 6.45) is 0. The Morgan fingerprint density at radius 3 is 1.00 bits per heavy atom. The van der Waals surface area contributed by atoms with E-state index in [2.05, 4.69) is 0 Å². The normalized spacial score (nSPS) is 3.43. The molecule has 0 aliphatic rings. The van der Waals surface area contributed by atoms with Crippen LogP contribution in [0.2, 0.25) is 0 Å². The van der Waals surface area contributed by atoms with Gasteiger partial charge in [0.2, 0.25) is 0 Å². The third kappa shape index (κ3) is 371. The van der Waals surface area contributed by atoms with Crippen molar-refractivity contribution in [3.63, 3.8) is 0 Å². The van der Waals surface area contributed by atoms with Gasteiger partial charge in [-0.1, -0.05) is 0 Å². The zero-order valence-electron chi connectivity index (χ0n) is 3.14. The second kappa shape index (κ2) is 47.4. The molecule has 0 fully saturated rings. The van der Waals surface area contributed by atoms with Crippen molar-refractivity contribution in [3.05, 3.63) is 0 Å². The molecular formula is C2H2O4Ru. The second-order valence-corrected chi connectivity index (χ2v) is 0.192. The van der Waals surface area contributed by atoms with Crippen molar-refractivity contribution >= 4 is 12.9 Å². The van der Waals surface area contributed by atoms with E-state index in [1.165, 1.54) is 0 Å². The number of rotatable bonds is 0. The Bertz CT molecular complexity index is 30.7. The van der Waals surface area contributed by atoms with Crippen LogP contribution in [0.3, 0.4) is 0 Å². The van der Waals surface area contributed by atoms with E-state index in [1.54, 1.807) is 0 Å². The van der Waals surface area contributed by atoms with Crippen LogP contribution in [-0.4, -0.2) is 12.9 Å². The van der Waals surface area contributed by atoms with Crippen molar-refractivity contribution < 1.29 is 39.3 Å². The molecule has 4 nitrogen and oxygen atoms in total.